The number of benzene rings is 2. The minimum absolute atomic E-state index is 0.0545. The van der Waals surface area contributed by atoms with E-state index in [0.717, 1.165) is 11.1 Å². The van der Waals surface area contributed by atoms with E-state index in [2.05, 4.69) is 0 Å². The second-order valence-corrected chi connectivity index (χ2v) is 6.07. The van der Waals surface area contributed by atoms with Crippen molar-refractivity contribution in [1.82, 2.24) is 0 Å². The van der Waals surface area contributed by atoms with Gasteiger partial charge in [-0.3, -0.25) is 0 Å². The van der Waals surface area contributed by atoms with Gasteiger partial charge in [-0.05, 0) is 29.8 Å². The van der Waals surface area contributed by atoms with Crippen LogP contribution in [0.2, 0.25) is 0 Å². The van der Waals surface area contributed by atoms with Crippen LogP contribution in [0.4, 0.5) is 5.69 Å². The molecule has 0 aliphatic carbocycles. The zero-order valence-electron chi connectivity index (χ0n) is 16.4. The monoisotopic (exact) mass is 391 g/mol. The second-order valence-electron chi connectivity index (χ2n) is 6.07. The summed E-state index contributed by atoms with van der Waals surface area (Å²) >= 11 is 0. The van der Waals surface area contributed by atoms with Crippen LogP contribution in [0.3, 0.4) is 0 Å². The van der Waals surface area contributed by atoms with Crippen molar-refractivity contribution >= 4 is 17.6 Å². The van der Waals surface area contributed by atoms with E-state index >= 15 is 0 Å². The highest BCUT2D eigenvalue weighted by Gasteiger charge is 2.27. The highest BCUT2D eigenvalue weighted by atomic mass is 16.5. The lowest BCUT2D eigenvalue weighted by Crippen LogP contribution is -2.27. The van der Waals surface area contributed by atoms with Crippen LogP contribution in [0.15, 0.2) is 84.2 Å². The number of anilines is 1. The molecule has 0 amide bonds. The van der Waals surface area contributed by atoms with Crippen LogP contribution in [-0.2, 0) is 19.1 Å². The predicted molar refractivity (Wildman–Crippen MR) is 110 cm³/mol. The largest absolute Gasteiger partial charge is 0.496 e. The van der Waals surface area contributed by atoms with Crippen LogP contribution in [0.5, 0.6) is 5.75 Å². The van der Waals surface area contributed by atoms with E-state index in [1.807, 2.05) is 42.5 Å². The van der Waals surface area contributed by atoms with E-state index in [1.54, 1.807) is 36.4 Å². The molecule has 2 aromatic rings. The van der Waals surface area contributed by atoms with Gasteiger partial charge in [0.2, 0.25) is 0 Å². The Bertz CT molecular complexity index is 1010. The molecule has 0 fully saturated rings. The van der Waals surface area contributed by atoms with Crippen molar-refractivity contribution in [3.8, 4) is 16.9 Å². The van der Waals surface area contributed by atoms with Crippen LogP contribution in [-0.4, -0.2) is 33.3 Å². The van der Waals surface area contributed by atoms with Crippen molar-refractivity contribution in [3.63, 3.8) is 0 Å². The average molecular weight is 391 g/mol. The summed E-state index contributed by atoms with van der Waals surface area (Å²) in [5, 5.41) is 0. The fourth-order valence-electron chi connectivity index (χ4n) is 3.05. The summed E-state index contributed by atoms with van der Waals surface area (Å²) in [4.78, 5) is 26.4. The summed E-state index contributed by atoms with van der Waals surface area (Å²) in [5.41, 5.74) is 2.69. The van der Waals surface area contributed by atoms with Crippen LogP contribution >= 0.6 is 0 Å². The van der Waals surface area contributed by atoms with Gasteiger partial charge in [0.1, 0.15) is 11.4 Å². The van der Waals surface area contributed by atoms with Gasteiger partial charge in [-0.1, -0.05) is 36.4 Å². The van der Waals surface area contributed by atoms with Gasteiger partial charge in [-0.2, -0.15) is 0 Å². The van der Waals surface area contributed by atoms with Crippen molar-refractivity contribution in [2.24, 2.45) is 0 Å². The lowest BCUT2D eigenvalue weighted by Gasteiger charge is -2.24. The van der Waals surface area contributed by atoms with Crippen molar-refractivity contribution in [2.45, 2.75) is 0 Å². The molecule has 0 N–H and O–H groups in total. The van der Waals surface area contributed by atoms with Crippen molar-refractivity contribution in [3.05, 3.63) is 84.2 Å². The van der Waals surface area contributed by atoms with Crippen LogP contribution < -0.4 is 9.64 Å². The normalized spacial score (nSPS) is 13.1. The number of hydrogen-bond acceptors (Lipinski definition) is 6. The molecule has 0 saturated heterocycles. The lowest BCUT2D eigenvalue weighted by molar-refractivity contribution is -0.139. The number of carbonyl (C=O) groups is 2. The third kappa shape index (κ3) is 4.06. The Morgan fingerprint density at radius 1 is 0.862 bits per heavy atom. The summed E-state index contributed by atoms with van der Waals surface area (Å²) in [6.45, 7) is 0. The number of ether oxygens (including phenoxy) is 3. The molecule has 0 aromatic heterocycles. The van der Waals surface area contributed by atoms with Crippen LogP contribution in [0, 0.1) is 0 Å². The molecule has 1 heterocycles. The molecule has 1 aliphatic heterocycles. The molecule has 6 nitrogen and oxygen atoms in total. The molecular formula is C23H21NO5. The molecular weight excluding hydrogens is 370 g/mol. The number of hydrogen-bond donors (Lipinski definition) is 0. The van der Waals surface area contributed by atoms with Gasteiger partial charge in [0.05, 0.1) is 26.9 Å². The van der Waals surface area contributed by atoms with Crippen molar-refractivity contribution < 1.29 is 23.8 Å². The van der Waals surface area contributed by atoms with E-state index in [0.29, 0.717) is 11.4 Å². The van der Waals surface area contributed by atoms with Gasteiger partial charge < -0.3 is 19.1 Å². The fourth-order valence-corrected chi connectivity index (χ4v) is 3.05. The van der Waals surface area contributed by atoms with E-state index in [4.69, 9.17) is 14.2 Å². The Hall–Kier alpha value is -3.80. The molecule has 148 valence electrons. The first-order valence-corrected chi connectivity index (χ1v) is 8.89. The standard InChI is InChI=1S/C23H21NO5/c1-27-20-15-17(12-13-18(20)16-9-5-4-6-10-16)24-14-8-7-11-19(22(25)28-2)21(24)23(26)29-3/h4-15H,1-3H3. The first-order chi connectivity index (χ1) is 14.1. The minimum atomic E-state index is -0.660. The summed E-state index contributed by atoms with van der Waals surface area (Å²) in [7, 11) is 4.11. The maximum atomic E-state index is 12.5. The predicted octanol–water partition coefficient (Wildman–Crippen LogP) is 3.85. The van der Waals surface area contributed by atoms with Gasteiger partial charge in [-0.15, -0.1) is 0 Å². The highest BCUT2D eigenvalue weighted by Crippen LogP contribution is 2.35. The smallest absolute Gasteiger partial charge is 0.355 e. The molecule has 0 bridgehead atoms. The Labute approximate surface area is 169 Å². The van der Waals surface area contributed by atoms with Crippen molar-refractivity contribution in [2.75, 3.05) is 26.2 Å². The summed E-state index contributed by atoms with van der Waals surface area (Å²) in [6.07, 6.45) is 6.57. The molecule has 0 saturated carbocycles. The number of esters is 2. The minimum Gasteiger partial charge on any atom is -0.496 e. The highest BCUT2D eigenvalue weighted by molar-refractivity contribution is 6.05. The number of methoxy groups -OCH3 is 3. The maximum absolute atomic E-state index is 12.5. The SMILES string of the molecule is COC(=O)C1=C(C(=O)OC)N(c2ccc(-c3ccccc3)c(OC)c2)C=CC=C1. The molecule has 29 heavy (non-hydrogen) atoms. The van der Waals surface area contributed by atoms with E-state index < -0.39 is 11.9 Å². The summed E-state index contributed by atoms with van der Waals surface area (Å²) in [6, 6.07) is 15.4. The Morgan fingerprint density at radius 2 is 1.59 bits per heavy atom. The Kier molecular flexibility index (Phi) is 6.14. The zero-order chi connectivity index (χ0) is 20.8. The number of nitrogens with zero attached hydrogens (tertiary/aromatic N) is 1. The van der Waals surface area contributed by atoms with Gasteiger partial charge in [0, 0.05) is 23.5 Å². The van der Waals surface area contributed by atoms with Crippen LogP contribution in [0.1, 0.15) is 0 Å². The topological polar surface area (TPSA) is 65.1 Å². The van der Waals surface area contributed by atoms with Gasteiger partial charge in [0.15, 0.2) is 0 Å². The molecule has 2 aromatic carbocycles. The molecule has 1 aliphatic rings. The first-order valence-electron chi connectivity index (χ1n) is 8.89. The molecule has 6 heteroatoms. The fraction of sp³-hybridized carbons (Fsp3) is 0.130. The number of rotatable bonds is 5. The molecule has 0 radical (unpaired) electrons. The zero-order valence-corrected chi connectivity index (χ0v) is 16.4. The summed E-state index contributed by atoms with van der Waals surface area (Å²) in [5.74, 6) is -0.668. The van der Waals surface area contributed by atoms with E-state index in [9.17, 15) is 9.59 Å². The van der Waals surface area contributed by atoms with Gasteiger partial charge in [-0.25, -0.2) is 9.59 Å². The Balaban J connectivity index is 2.14. The average Bonchev–Trinajstić information content (AvgIpc) is 3.01. The third-order valence-corrected chi connectivity index (χ3v) is 4.44. The quantitative estimate of drug-likeness (QED) is 0.722. The summed E-state index contributed by atoms with van der Waals surface area (Å²) < 4.78 is 15.4. The molecule has 0 atom stereocenters. The molecule has 0 unspecified atom stereocenters. The Morgan fingerprint density at radius 3 is 2.24 bits per heavy atom. The van der Waals surface area contributed by atoms with Crippen molar-refractivity contribution in [1.29, 1.82) is 0 Å². The van der Waals surface area contributed by atoms with E-state index in [-0.39, 0.29) is 11.3 Å². The van der Waals surface area contributed by atoms with Crippen LogP contribution in [0.25, 0.3) is 11.1 Å². The maximum Gasteiger partial charge on any atom is 0.355 e. The lowest BCUT2D eigenvalue weighted by atomic mass is 10.0. The second kappa shape index (κ2) is 8.93. The number of carbonyl (C=O) groups excluding carboxylic acids is 2. The van der Waals surface area contributed by atoms with Gasteiger partial charge in [0.25, 0.3) is 0 Å². The molecule has 0 spiro atoms. The first kappa shape index (κ1) is 19.9. The third-order valence-electron chi connectivity index (χ3n) is 4.44. The number of allylic oxidation sites excluding steroid dienone is 2. The van der Waals surface area contributed by atoms with E-state index in [1.165, 1.54) is 20.3 Å². The molecule has 3 rings (SSSR count). The van der Waals surface area contributed by atoms with Gasteiger partial charge >= 0.3 is 11.9 Å².